The molecule has 0 aromatic heterocycles. The van der Waals surface area contributed by atoms with Gasteiger partial charge in [-0.1, -0.05) is 23.7 Å². The molecule has 1 aromatic carbocycles. The minimum absolute atomic E-state index is 0.0836. The topological polar surface area (TPSA) is 61.4 Å². The minimum atomic E-state index is 0.0836. The van der Waals surface area contributed by atoms with Gasteiger partial charge in [0.05, 0.1) is 5.02 Å². The average molecular weight is 269 g/mol. The van der Waals surface area contributed by atoms with E-state index < -0.39 is 0 Å². The third-order valence-corrected chi connectivity index (χ3v) is 3.16. The third-order valence-electron chi connectivity index (χ3n) is 2.86. The molecule has 1 saturated carbocycles. The lowest BCUT2D eigenvalue weighted by atomic mass is 10.2. The molecule has 0 atom stereocenters. The zero-order valence-corrected chi connectivity index (χ0v) is 10.8. The van der Waals surface area contributed by atoms with E-state index in [0.29, 0.717) is 30.6 Å². The molecular formula is C13H17ClN2O2. The van der Waals surface area contributed by atoms with E-state index in [2.05, 4.69) is 10.6 Å². The predicted octanol–water partition coefficient (Wildman–Crippen LogP) is 1.80. The number of para-hydroxylation sites is 1. The van der Waals surface area contributed by atoms with Crippen LogP contribution in [0.2, 0.25) is 5.02 Å². The third kappa shape index (κ3) is 3.89. The van der Waals surface area contributed by atoms with Crippen LogP contribution in [-0.4, -0.2) is 23.6 Å². The summed E-state index contributed by atoms with van der Waals surface area (Å²) in [5.74, 6) is 0.189. The molecule has 0 bridgehead atoms. The van der Waals surface area contributed by atoms with E-state index in [9.17, 15) is 9.90 Å². The van der Waals surface area contributed by atoms with E-state index in [1.54, 1.807) is 18.2 Å². The second kappa shape index (κ2) is 6.07. The summed E-state index contributed by atoms with van der Waals surface area (Å²) in [6, 6.07) is 5.65. The standard InChI is InChI=1S/C13H17ClN2O2/c14-11-3-1-2-9(13(11)18)8-15-7-6-12(17)16-10-4-5-10/h1-3,10,15,18H,4-8H2,(H,16,17). The SMILES string of the molecule is O=C(CCNCc1cccc(Cl)c1O)NC1CC1. The van der Waals surface area contributed by atoms with Crippen LogP contribution in [0.5, 0.6) is 5.75 Å². The van der Waals surface area contributed by atoms with Crippen molar-refractivity contribution in [3.05, 3.63) is 28.8 Å². The fourth-order valence-corrected chi connectivity index (χ4v) is 1.85. The first-order valence-electron chi connectivity index (χ1n) is 6.13. The molecule has 3 N–H and O–H groups in total. The lowest BCUT2D eigenvalue weighted by Gasteiger charge is -2.08. The molecule has 0 heterocycles. The van der Waals surface area contributed by atoms with Crippen LogP contribution in [0.15, 0.2) is 18.2 Å². The van der Waals surface area contributed by atoms with Crippen LogP contribution in [0, 0.1) is 0 Å². The molecule has 0 spiro atoms. The molecule has 1 aliphatic rings. The molecule has 2 rings (SSSR count). The Hall–Kier alpha value is -1.26. The van der Waals surface area contributed by atoms with Crippen molar-refractivity contribution in [1.29, 1.82) is 0 Å². The molecule has 1 fully saturated rings. The Morgan fingerprint density at radius 1 is 1.44 bits per heavy atom. The van der Waals surface area contributed by atoms with E-state index in [1.165, 1.54) is 0 Å². The number of nitrogens with one attached hydrogen (secondary N) is 2. The van der Waals surface area contributed by atoms with Crippen LogP contribution in [0.25, 0.3) is 0 Å². The van der Waals surface area contributed by atoms with Gasteiger partial charge >= 0.3 is 0 Å². The Balaban J connectivity index is 1.68. The summed E-state index contributed by atoms with van der Waals surface area (Å²) in [7, 11) is 0. The maximum Gasteiger partial charge on any atom is 0.221 e. The van der Waals surface area contributed by atoms with Gasteiger partial charge in [0.1, 0.15) is 5.75 Å². The second-order valence-electron chi connectivity index (χ2n) is 4.52. The number of amides is 1. The first-order valence-corrected chi connectivity index (χ1v) is 6.51. The lowest BCUT2D eigenvalue weighted by molar-refractivity contribution is -0.121. The van der Waals surface area contributed by atoms with Crippen LogP contribution in [0.3, 0.4) is 0 Å². The maximum atomic E-state index is 11.4. The molecule has 98 valence electrons. The minimum Gasteiger partial charge on any atom is -0.506 e. The predicted molar refractivity (Wildman–Crippen MR) is 70.6 cm³/mol. The van der Waals surface area contributed by atoms with E-state index in [-0.39, 0.29) is 11.7 Å². The fraction of sp³-hybridized carbons (Fsp3) is 0.462. The van der Waals surface area contributed by atoms with Gasteiger partial charge in [0, 0.05) is 31.1 Å². The lowest BCUT2D eigenvalue weighted by Crippen LogP contribution is -2.29. The number of halogens is 1. The summed E-state index contributed by atoms with van der Waals surface area (Å²) in [6.45, 7) is 1.09. The molecule has 4 nitrogen and oxygen atoms in total. The van der Waals surface area contributed by atoms with E-state index in [1.807, 2.05) is 0 Å². The van der Waals surface area contributed by atoms with Crippen molar-refractivity contribution >= 4 is 17.5 Å². The number of hydrogen-bond acceptors (Lipinski definition) is 3. The quantitative estimate of drug-likeness (QED) is 0.690. The van der Waals surface area contributed by atoms with Crippen molar-refractivity contribution < 1.29 is 9.90 Å². The maximum absolute atomic E-state index is 11.4. The van der Waals surface area contributed by atoms with Crippen molar-refractivity contribution in [2.75, 3.05) is 6.54 Å². The normalized spacial score (nSPS) is 14.5. The zero-order valence-electron chi connectivity index (χ0n) is 10.1. The van der Waals surface area contributed by atoms with Gasteiger partial charge in [-0.3, -0.25) is 4.79 Å². The van der Waals surface area contributed by atoms with E-state index in [0.717, 1.165) is 18.4 Å². The van der Waals surface area contributed by atoms with Gasteiger partial charge in [-0.25, -0.2) is 0 Å². The summed E-state index contributed by atoms with van der Waals surface area (Å²) in [4.78, 5) is 11.4. The van der Waals surface area contributed by atoms with Gasteiger partial charge in [-0.05, 0) is 18.9 Å². The Morgan fingerprint density at radius 2 is 2.22 bits per heavy atom. The van der Waals surface area contributed by atoms with Gasteiger partial charge in [0.2, 0.25) is 5.91 Å². The van der Waals surface area contributed by atoms with Crippen molar-refractivity contribution in [2.45, 2.75) is 31.8 Å². The highest BCUT2D eigenvalue weighted by Gasteiger charge is 2.22. The van der Waals surface area contributed by atoms with Crippen molar-refractivity contribution in [2.24, 2.45) is 0 Å². The molecule has 0 unspecified atom stereocenters. The molecule has 1 amide bonds. The summed E-state index contributed by atoms with van der Waals surface area (Å²) >= 11 is 5.80. The highest BCUT2D eigenvalue weighted by molar-refractivity contribution is 6.32. The molecule has 1 aromatic rings. The van der Waals surface area contributed by atoms with E-state index >= 15 is 0 Å². The summed E-state index contributed by atoms with van der Waals surface area (Å²) in [5.41, 5.74) is 0.741. The number of phenols is 1. The highest BCUT2D eigenvalue weighted by atomic mass is 35.5. The number of aromatic hydroxyl groups is 1. The van der Waals surface area contributed by atoms with Crippen molar-refractivity contribution in [1.82, 2.24) is 10.6 Å². The molecule has 5 heteroatoms. The van der Waals surface area contributed by atoms with Crippen LogP contribution < -0.4 is 10.6 Å². The van der Waals surface area contributed by atoms with Gasteiger partial charge in [0.15, 0.2) is 0 Å². The molecule has 1 aliphatic carbocycles. The molecule has 0 aliphatic heterocycles. The smallest absolute Gasteiger partial charge is 0.221 e. The highest BCUT2D eigenvalue weighted by Crippen LogP contribution is 2.26. The largest absolute Gasteiger partial charge is 0.506 e. The van der Waals surface area contributed by atoms with Crippen molar-refractivity contribution in [3.63, 3.8) is 0 Å². The molecular weight excluding hydrogens is 252 g/mol. The van der Waals surface area contributed by atoms with E-state index in [4.69, 9.17) is 11.6 Å². The van der Waals surface area contributed by atoms with Crippen LogP contribution in [0.1, 0.15) is 24.8 Å². The molecule has 0 saturated heterocycles. The molecule has 0 radical (unpaired) electrons. The average Bonchev–Trinajstić information content (AvgIpc) is 3.13. The number of carbonyl (C=O) groups is 1. The Morgan fingerprint density at radius 3 is 2.94 bits per heavy atom. The summed E-state index contributed by atoms with van der Waals surface area (Å²) in [5, 5.41) is 16.1. The van der Waals surface area contributed by atoms with Gasteiger partial charge in [-0.2, -0.15) is 0 Å². The monoisotopic (exact) mass is 268 g/mol. The summed E-state index contributed by atoms with van der Waals surface area (Å²) < 4.78 is 0. The van der Waals surface area contributed by atoms with Gasteiger partial charge in [-0.15, -0.1) is 0 Å². The first-order chi connectivity index (χ1) is 8.66. The van der Waals surface area contributed by atoms with Crippen molar-refractivity contribution in [3.8, 4) is 5.75 Å². The Kier molecular flexibility index (Phi) is 4.44. The van der Waals surface area contributed by atoms with Gasteiger partial charge < -0.3 is 15.7 Å². The number of hydrogen-bond donors (Lipinski definition) is 3. The Bertz CT molecular complexity index is 433. The number of carbonyl (C=O) groups excluding carboxylic acids is 1. The van der Waals surface area contributed by atoms with Crippen LogP contribution >= 0.6 is 11.6 Å². The Labute approximate surface area is 111 Å². The molecule has 18 heavy (non-hydrogen) atoms. The van der Waals surface area contributed by atoms with Crippen LogP contribution in [0.4, 0.5) is 0 Å². The van der Waals surface area contributed by atoms with Gasteiger partial charge in [0.25, 0.3) is 0 Å². The number of benzene rings is 1. The zero-order chi connectivity index (χ0) is 13.0. The number of rotatable bonds is 6. The summed E-state index contributed by atoms with van der Waals surface area (Å²) in [6.07, 6.45) is 2.67. The fourth-order valence-electron chi connectivity index (χ4n) is 1.66. The second-order valence-corrected chi connectivity index (χ2v) is 4.92. The van der Waals surface area contributed by atoms with Crippen LogP contribution in [-0.2, 0) is 11.3 Å². The number of phenolic OH excluding ortho intramolecular Hbond substituents is 1. The first kappa shape index (κ1) is 13.2.